The van der Waals surface area contributed by atoms with Crippen LogP contribution in [0.3, 0.4) is 0 Å². The number of carbonyl (C=O) groups excluding carboxylic acids is 1. The first-order valence-electron chi connectivity index (χ1n) is 14.0. The van der Waals surface area contributed by atoms with Crippen LogP contribution in [0.25, 0.3) is 11.3 Å². The van der Waals surface area contributed by atoms with Gasteiger partial charge in [0.2, 0.25) is 0 Å². The van der Waals surface area contributed by atoms with Gasteiger partial charge in [-0.2, -0.15) is 0 Å². The third kappa shape index (κ3) is 6.34. The third-order valence-corrected chi connectivity index (χ3v) is 7.25. The largest absolute Gasteiger partial charge is 0.493 e. The van der Waals surface area contributed by atoms with Crippen LogP contribution in [0.1, 0.15) is 46.4 Å². The summed E-state index contributed by atoms with van der Waals surface area (Å²) in [6.45, 7) is 3.45. The average Bonchev–Trinajstić information content (AvgIpc) is 3.02. The van der Waals surface area contributed by atoms with Crippen molar-refractivity contribution in [3.8, 4) is 28.5 Å². The van der Waals surface area contributed by atoms with E-state index in [1.807, 2.05) is 71.3 Å². The number of esters is 1. The first kappa shape index (κ1) is 29.0. The summed E-state index contributed by atoms with van der Waals surface area (Å²) < 4.78 is 30.0. The second-order valence-corrected chi connectivity index (χ2v) is 9.98. The fourth-order valence-corrected chi connectivity index (χ4v) is 5.16. The topological polar surface area (TPSA) is 85.2 Å². The molecule has 1 atom stereocenters. The molecule has 0 radical (unpaired) electrons. The van der Waals surface area contributed by atoms with Gasteiger partial charge in [-0.3, -0.25) is 4.79 Å². The molecule has 218 valence electrons. The van der Waals surface area contributed by atoms with Crippen LogP contribution in [0, 0.1) is 0 Å². The van der Waals surface area contributed by atoms with Crippen LogP contribution in [-0.2, 0) is 22.5 Å². The Kier molecular flexibility index (Phi) is 9.24. The van der Waals surface area contributed by atoms with Crippen LogP contribution in [0.5, 0.6) is 17.2 Å². The Morgan fingerprint density at radius 1 is 0.929 bits per heavy atom. The molecule has 4 aromatic rings. The molecule has 42 heavy (non-hydrogen) atoms. The first-order chi connectivity index (χ1) is 20.5. The monoisotopic (exact) mass is 569 g/mol. The molecule has 1 aromatic heterocycles. The molecule has 0 N–H and O–H groups in total. The summed E-state index contributed by atoms with van der Waals surface area (Å²) in [5.41, 5.74) is 4.25. The number of methoxy groups -OCH3 is 2. The maximum absolute atomic E-state index is 13.1. The van der Waals surface area contributed by atoms with E-state index in [4.69, 9.17) is 23.7 Å². The number of aromatic nitrogens is 1. The lowest BCUT2D eigenvalue weighted by Crippen LogP contribution is -2.27. The summed E-state index contributed by atoms with van der Waals surface area (Å²) in [7, 11) is 3.25. The second-order valence-electron chi connectivity index (χ2n) is 9.98. The van der Waals surface area contributed by atoms with Crippen molar-refractivity contribution < 1.29 is 28.5 Å². The van der Waals surface area contributed by atoms with E-state index in [1.165, 1.54) is 6.07 Å². The predicted octanol–water partition coefficient (Wildman–Crippen LogP) is 5.84. The van der Waals surface area contributed by atoms with E-state index in [0.717, 1.165) is 34.4 Å². The maximum atomic E-state index is 13.1. The number of benzene rings is 3. The highest BCUT2D eigenvalue weighted by Crippen LogP contribution is 2.43. The van der Waals surface area contributed by atoms with Crippen molar-refractivity contribution in [3.63, 3.8) is 0 Å². The molecule has 0 fully saturated rings. The standard InChI is InChI=1S/C34H35NO7/c1-4-40-34(37)28-21-35-29(24-11-13-26(14-12-24)42-22-23-9-6-5-7-10-23)17-25-18-33(41-16-8-15-38-2)32(39-3)19-27(25)30(35)20-31(28)36/h5-7,9-14,18-21,29H,4,8,15-17,22H2,1-3H3. The molecule has 0 saturated heterocycles. The lowest BCUT2D eigenvalue weighted by atomic mass is 9.88. The molecule has 5 rings (SSSR count). The second kappa shape index (κ2) is 13.4. The zero-order valence-electron chi connectivity index (χ0n) is 24.1. The SMILES string of the molecule is CCOC(=O)c1cn2c(cc1=O)-c1cc(OC)c(OCCCOC)cc1CC2c1ccc(OCc2ccccc2)cc1. The summed E-state index contributed by atoms with van der Waals surface area (Å²) in [6, 6.07) is 23.1. The van der Waals surface area contributed by atoms with Gasteiger partial charge in [-0.15, -0.1) is 0 Å². The molecular formula is C34H35NO7. The van der Waals surface area contributed by atoms with Crippen molar-refractivity contribution >= 4 is 5.97 Å². The van der Waals surface area contributed by atoms with E-state index in [9.17, 15) is 9.59 Å². The number of nitrogens with zero attached hydrogens (tertiary/aromatic N) is 1. The number of ether oxygens (including phenoxy) is 5. The molecule has 1 aliphatic heterocycles. The number of fused-ring (bicyclic) bond motifs is 3. The maximum Gasteiger partial charge on any atom is 0.343 e. The number of rotatable bonds is 12. The number of hydrogen-bond acceptors (Lipinski definition) is 7. The van der Waals surface area contributed by atoms with Gasteiger partial charge in [-0.05, 0) is 54.3 Å². The minimum atomic E-state index is -0.635. The van der Waals surface area contributed by atoms with E-state index < -0.39 is 11.4 Å². The Morgan fingerprint density at radius 3 is 2.43 bits per heavy atom. The summed E-state index contributed by atoms with van der Waals surface area (Å²) in [6.07, 6.45) is 2.97. The number of hydrogen-bond donors (Lipinski definition) is 0. The Bertz CT molecular complexity index is 1580. The van der Waals surface area contributed by atoms with Crippen LogP contribution in [0.15, 0.2) is 83.8 Å². The summed E-state index contributed by atoms with van der Waals surface area (Å²) >= 11 is 0. The lowest BCUT2D eigenvalue weighted by molar-refractivity contribution is 0.0523. The van der Waals surface area contributed by atoms with Crippen LogP contribution in [0.2, 0.25) is 0 Å². The van der Waals surface area contributed by atoms with Crippen molar-refractivity contribution in [3.05, 3.63) is 111 Å². The number of pyridine rings is 1. The molecule has 0 spiro atoms. The summed E-state index contributed by atoms with van der Waals surface area (Å²) in [4.78, 5) is 25.8. The van der Waals surface area contributed by atoms with Gasteiger partial charge in [0.05, 0.1) is 32.1 Å². The van der Waals surface area contributed by atoms with Gasteiger partial charge in [0, 0.05) is 38.0 Å². The average molecular weight is 570 g/mol. The van der Waals surface area contributed by atoms with Crippen LogP contribution < -0.4 is 19.6 Å². The molecule has 0 amide bonds. The van der Waals surface area contributed by atoms with Crippen LogP contribution in [-0.4, -0.2) is 44.6 Å². The van der Waals surface area contributed by atoms with Crippen molar-refractivity contribution in [2.75, 3.05) is 34.0 Å². The quantitative estimate of drug-likeness (QED) is 0.157. The van der Waals surface area contributed by atoms with Crippen molar-refractivity contribution in [2.45, 2.75) is 32.4 Å². The van der Waals surface area contributed by atoms with E-state index >= 15 is 0 Å². The van der Waals surface area contributed by atoms with Gasteiger partial charge in [-0.25, -0.2) is 4.79 Å². The fourth-order valence-electron chi connectivity index (χ4n) is 5.16. The summed E-state index contributed by atoms with van der Waals surface area (Å²) in [5, 5.41) is 0. The van der Waals surface area contributed by atoms with E-state index in [1.54, 1.807) is 27.3 Å². The van der Waals surface area contributed by atoms with E-state index in [2.05, 4.69) is 0 Å². The Morgan fingerprint density at radius 2 is 1.71 bits per heavy atom. The lowest BCUT2D eigenvalue weighted by Gasteiger charge is -2.32. The van der Waals surface area contributed by atoms with Gasteiger partial charge in [0.15, 0.2) is 16.9 Å². The molecular weight excluding hydrogens is 534 g/mol. The minimum absolute atomic E-state index is 0.00178. The molecule has 8 heteroatoms. The number of carbonyl (C=O) groups is 1. The molecule has 0 bridgehead atoms. The Hall–Kier alpha value is -4.56. The van der Waals surface area contributed by atoms with Gasteiger partial charge in [-0.1, -0.05) is 42.5 Å². The molecule has 0 saturated carbocycles. The van der Waals surface area contributed by atoms with Crippen molar-refractivity contribution in [1.82, 2.24) is 4.57 Å². The zero-order chi connectivity index (χ0) is 29.5. The van der Waals surface area contributed by atoms with Gasteiger partial charge >= 0.3 is 5.97 Å². The van der Waals surface area contributed by atoms with E-state index in [0.29, 0.717) is 43.4 Å². The normalized spacial score (nSPS) is 13.5. The molecule has 1 unspecified atom stereocenters. The predicted molar refractivity (Wildman–Crippen MR) is 160 cm³/mol. The van der Waals surface area contributed by atoms with E-state index in [-0.39, 0.29) is 18.2 Å². The van der Waals surface area contributed by atoms with Crippen LogP contribution >= 0.6 is 0 Å². The zero-order valence-corrected chi connectivity index (χ0v) is 24.1. The minimum Gasteiger partial charge on any atom is -0.493 e. The highest BCUT2D eigenvalue weighted by atomic mass is 16.5. The highest BCUT2D eigenvalue weighted by molar-refractivity contribution is 5.89. The third-order valence-electron chi connectivity index (χ3n) is 7.25. The Balaban J connectivity index is 1.52. The molecule has 1 aliphatic rings. The van der Waals surface area contributed by atoms with Gasteiger partial charge in [0.1, 0.15) is 17.9 Å². The van der Waals surface area contributed by atoms with Crippen LogP contribution in [0.4, 0.5) is 0 Å². The van der Waals surface area contributed by atoms with Gasteiger partial charge < -0.3 is 28.3 Å². The molecule has 3 aromatic carbocycles. The molecule has 2 heterocycles. The Labute approximate surface area is 245 Å². The molecule has 0 aliphatic carbocycles. The molecule has 8 nitrogen and oxygen atoms in total. The fraction of sp³-hybridized carbons (Fsp3) is 0.294. The highest BCUT2D eigenvalue weighted by Gasteiger charge is 2.29. The summed E-state index contributed by atoms with van der Waals surface area (Å²) in [5.74, 6) is 1.32. The van der Waals surface area contributed by atoms with Crippen molar-refractivity contribution in [2.24, 2.45) is 0 Å². The smallest absolute Gasteiger partial charge is 0.343 e. The first-order valence-corrected chi connectivity index (χ1v) is 14.0. The van der Waals surface area contributed by atoms with Crippen molar-refractivity contribution in [1.29, 1.82) is 0 Å². The van der Waals surface area contributed by atoms with Gasteiger partial charge in [0.25, 0.3) is 0 Å².